The minimum absolute atomic E-state index is 0. The number of morpholine rings is 1. The maximum Gasteiger partial charge on any atom is 0.191 e. The number of hydrogen-bond donors (Lipinski definition) is 3. The largest absolute Gasteiger partial charge is 0.383 e. The number of nitrogens with one attached hydrogen (secondary N) is 2. The minimum atomic E-state index is -0.976. The Bertz CT molecular complexity index is 808. The number of ether oxygens (including phenoxy) is 1. The van der Waals surface area contributed by atoms with Crippen molar-refractivity contribution in [3.05, 3.63) is 57.8 Å². The summed E-state index contributed by atoms with van der Waals surface area (Å²) in [5.41, 5.74) is 1.58. The summed E-state index contributed by atoms with van der Waals surface area (Å²) in [6.45, 7) is 11.2. The number of benzene rings is 1. The number of nitrogens with zero attached hydrogens (tertiary/aromatic N) is 2. The van der Waals surface area contributed by atoms with E-state index in [2.05, 4.69) is 58.6 Å². The fourth-order valence-electron chi connectivity index (χ4n) is 3.66. The number of thiophene rings is 1. The standard InChI is InChI=1S/C23H34N4O2S.HI/c1-4-24-22(26-17-23(3,28)21-9-6-14-30-21)25-16-20(27-10-12-29-13-11-27)19-8-5-7-18(2)15-19;/h5-9,14-15,20,28H,4,10-13,16-17H2,1-3H3,(H2,24,25,26);1H. The molecular weight excluding hydrogens is 523 g/mol. The maximum atomic E-state index is 10.8. The molecule has 1 aromatic carbocycles. The molecule has 2 aromatic rings. The fourth-order valence-corrected chi connectivity index (χ4v) is 4.43. The molecule has 1 aliphatic rings. The Morgan fingerprint density at radius 3 is 2.68 bits per heavy atom. The Hall–Kier alpha value is -1.20. The highest BCUT2D eigenvalue weighted by molar-refractivity contribution is 14.0. The van der Waals surface area contributed by atoms with Crippen LogP contribution in [0.2, 0.25) is 0 Å². The van der Waals surface area contributed by atoms with Gasteiger partial charge in [0.25, 0.3) is 0 Å². The van der Waals surface area contributed by atoms with Gasteiger partial charge in [-0.2, -0.15) is 0 Å². The molecule has 1 saturated heterocycles. The zero-order chi connectivity index (χ0) is 21.4. The van der Waals surface area contributed by atoms with Gasteiger partial charge in [-0.25, -0.2) is 4.99 Å². The van der Waals surface area contributed by atoms with Crippen molar-refractivity contribution in [1.82, 2.24) is 15.5 Å². The quantitative estimate of drug-likeness (QED) is 0.263. The molecule has 2 atom stereocenters. The van der Waals surface area contributed by atoms with Crippen LogP contribution in [-0.4, -0.2) is 61.9 Å². The first-order chi connectivity index (χ1) is 14.5. The van der Waals surface area contributed by atoms with E-state index in [4.69, 9.17) is 4.74 Å². The first-order valence-electron chi connectivity index (χ1n) is 10.7. The van der Waals surface area contributed by atoms with Crippen LogP contribution in [0.25, 0.3) is 0 Å². The Morgan fingerprint density at radius 2 is 2.03 bits per heavy atom. The van der Waals surface area contributed by atoms with E-state index in [-0.39, 0.29) is 30.0 Å². The zero-order valence-electron chi connectivity index (χ0n) is 18.6. The van der Waals surface area contributed by atoms with Crippen molar-refractivity contribution in [2.45, 2.75) is 32.4 Å². The third-order valence-corrected chi connectivity index (χ3v) is 6.44. The van der Waals surface area contributed by atoms with Gasteiger partial charge in [0.1, 0.15) is 5.60 Å². The highest BCUT2D eigenvalue weighted by atomic mass is 127. The van der Waals surface area contributed by atoms with Crippen LogP contribution >= 0.6 is 35.3 Å². The van der Waals surface area contributed by atoms with Crippen LogP contribution in [0.4, 0.5) is 0 Å². The molecule has 172 valence electrons. The van der Waals surface area contributed by atoms with Crippen molar-refractivity contribution >= 4 is 41.3 Å². The summed E-state index contributed by atoms with van der Waals surface area (Å²) in [6, 6.07) is 12.8. The van der Waals surface area contributed by atoms with Crippen molar-refractivity contribution in [3.63, 3.8) is 0 Å². The maximum absolute atomic E-state index is 10.8. The number of aliphatic imine (C=N–C) groups is 1. The second-order valence-corrected chi connectivity index (χ2v) is 8.85. The summed E-state index contributed by atoms with van der Waals surface area (Å²) in [5, 5.41) is 19.6. The fraction of sp³-hybridized carbons (Fsp3) is 0.522. The van der Waals surface area contributed by atoms with Crippen LogP contribution in [0, 0.1) is 6.92 Å². The second kappa shape index (κ2) is 12.7. The molecule has 1 aromatic heterocycles. The minimum Gasteiger partial charge on any atom is -0.383 e. The highest BCUT2D eigenvalue weighted by Crippen LogP contribution is 2.25. The number of hydrogen-bond acceptors (Lipinski definition) is 5. The number of halogens is 1. The predicted molar refractivity (Wildman–Crippen MR) is 140 cm³/mol. The van der Waals surface area contributed by atoms with Crippen molar-refractivity contribution in [1.29, 1.82) is 0 Å². The average Bonchev–Trinajstić information content (AvgIpc) is 3.29. The summed E-state index contributed by atoms with van der Waals surface area (Å²) < 4.78 is 5.56. The van der Waals surface area contributed by atoms with E-state index in [0.717, 1.165) is 50.2 Å². The van der Waals surface area contributed by atoms with E-state index in [1.165, 1.54) is 11.1 Å². The van der Waals surface area contributed by atoms with Crippen LogP contribution in [0.5, 0.6) is 0 Å². The van der Waals surface area contributed by atoms with E-state index >= 15 is 0 Å². The summed E-state index contributed by atoms with van der Waals surface area (Å²) in [6.07, 6.45) is 0. The number of aryl methyl sites for hydroxylation is 1. The van der Waals surface area contributed by atoms with E-state index < -0.39 is 5.60 Å². The second-order valence-electron chi connectivity index (χ2n) is 7.91. The van der Waals surface area contributed by atoms with Crippen molar-refractivity contribution in [2.24, 2.45) is 4.99 Å². The molecule has 0 aliphatic carbocycles. The first kappa shape index (κ1) is 26.1. The highest BCUT2D eigenvalue weighted by Gasteiger charge is 2.25. The lowest BCUT2D eigenvalue weighted by atomic mass is 10.0. The smallest absolute Gasteiger partial charge is 0.191 e. The van der Waals surface area contributed by atoms with Gasteiger partial charge >= 0.3 is 0 Å². The normalized spacial score (nSPS) is 18.0. The summed E-state index contributed by atoms with van der Waals surface area (Å²) in [7, 11) is 0. The van der Waals surface area contributed by atoms with Gasteiger partial charge in [0.2, 0.25) is 0 Å². The van der Waals surface area contributed by atoms with Crippen molar-refractivity contribution in [3.8, 4) is 0 Å². The Kier molecular flexibility index (Phi) is 10.7. The van der Waals surface area contributed by atoms with Gasteiger partial charge in [-0.1, -0.05) is 35.9 Å². The lowest BCUT2D eigenvalue weighted by Gasteiger charge is -2.35. The first-order valence-corrected chi connectivity index (χ1v) is 11.5. The van der Waals surface area contributed by atoms with E-state index in [1.54, 1.807) is 11.3 Å². The monoisotopic (exact) mass is 558 g/mol. The molecule has 31 heavy (non-hydrogen) atoms. The van der Waals surface area contributed by atoms with Crippen LogP contribution in [0.1, 0.15) is 35.9 Å². The van der Waals surface area contributed by atoms with Gasteiger partial charge in [0, 0.05) is 31.1 Å². The molecule has 3 N–H and O–H groups in total. The van der Waals surface area contributed by atoms with Gasteiger partial charge in [0.05, 0.1) is 25.8 Å². The predicted octanol–water partition coefficient (Wildman–Crippen LogP) is 3.51. The van der Waals surface area contributed by atoms with Crippen LogP contribution in [0.15, 0.2) is 46.8 Å². The lowest BCUT2D eigenvalue weighted by molar-refractivity contribution is 0.0169. The topological polar surface area (TPSA) is 69.1 Å². The van der Waals surface area contributed by atoms with Crippen LogP contribution in [0.3, 0.4) is 0 Å². The molecule has 1 fully saturated rings. The van der Waals surface area contributed by atoms with Gasteiger partial charge in [-0.15, -0.1) is 35.3 Å². The molecule has 8 heteroatoms. The van der Waals surface area contributed by atoms with Crippen molar-refractivity contribution < 1.29 is 9.84 Å². The van der Waals surface area contributed by atoms with Gasteiger partial charge in [0.15, 0.2) is 5.96 Å². The van der Waals surface area contributed by atoms with Gasteiger partial charge in [-0.3, -0.25) is 4.90 Å². The van der Waals surface area contributed by atoms with Gasteiger partial charge < -0.3 is 20.5 Å². The zero-order valence-corrected chi connectivity index (χ0v) is 21.8. The van der Waals surface area contributed by atoms with E-state index in [0.29, 0.717) is 6.54 Å². The lowest BCUT2D eigenvalue weighted by Crippen LogP contribution is -2.46. The number of rotatable bonds is 8. The Morgan fingerprint density at radius 1 is 1.26 bits per heavy atom. The van der Waals surface area contributed by atoms with Crippen LogP contribution in [-0.2, 0) is 10.3 Å². The Balaban J connectivity index is 0.00000341. The van der Waals surface area contributed by atoms with Gasteiger partial charge in [-0.05, 0) is 37.8 Å². The number of aliphatic hydroxyl groups is 1. The summed E-state index contributed by atoms with van der Waals surface area (Å²) in [5.74, 6) is 0.722. The van der Waals surface area contributed by atoms with Crippen LogP contribution < -0.4 is 10.6 Å². The molecule has 2 unspecified atom stereocenters. The molecule has 0 saturated carbocycles. The van der Waals surface area contributed by atoms with Crippen molar-refractivity contribution in [2.75, 3.05) is 45.9 Å². The molecule has 6 nitrogen and oxygen atoms in total. The molecular formula is C23H35IN4O2S. The molecule has 2 heterocycles. The van der Waals surface area contributed by atoms with E-state index in [1.807, 2.05) is 24.4 Å². The molecule has 1 aliphatic heterocycles. The van der Waals surface area contributed by atoms with E-state index in [9.17, 15) is 5.11 Å². The third kappa shape index (κ3) is 7.71. The molecule has 0 amide bonds. The summed E-state index contributed by atoms with van der Waals surface area (Å²) >= 11 is 1.55. The Labute approximate surface area is 207 Å². The molecule has 0 bridgehead atoms. The average molecular weight is 559 g/mol. The third-order valence-electron chi connectivity index (χ3n) is 5.32. The summed E-state index contributed by atoms with van der Waals surface area (Å²) in [4.78, 5) is 8.07. The molecule has 3 rings (SSSR count). The molecule has 0 spiro atoms. The SMILES string of the molecule is CCNC(=NCC(C)(O)c1cccs1)NCC(c1cccc(C)c1)N1CCOCC1.I. The number of guanidine groups is 1. The molecule has 0 radical (unpaired) electrons.